The molecule has 0 unspecified atom stereocenters. The number of hydrogen-bond donors (Lipinski definition) is 2. The Morgan fingerprint density at radius 3 is 2.59 bits per heavy atom. The van der Waals surface area contributed by atoms with Crippen LogP contribution in [0.1, 0.15) is 32.1 Å². The molecule has 0 aromatic heterocycles. The maximum atomic E-state index is 5.26. The Kier molecular flexibility index (Phi) is 6.45. The van der Waals surface area contributed by atoms with Crippen LogP contribution in [0.25, 0.3) is 0 Å². The van der Waals surface area contributed by atoms with E-state index in [9.17, 15) is 0 Å². The molecule has 0 atom stereocenters. The minimum absolute atomic E-state index is 0.458. The van der Waals surface area contributed by atoms with E-state index in [-0.39, 0.29) is 0 Å². The number of ether oxygens (including phenoxy) is 2. The minimum Gasteiger partial charge on any atom is -0.493 e. The number of methoxy groups -OCH3 is 2. The molecule has 2 rings (SSSR count). The third kappa shape index (κ3) is 4.87. The smallest absolute Gasteiger partial charge is 0.191 e. The van der Waals surface area contributed by atoms with Gasteiger partial charge in [0, 0.05) is 18.0 Å². The van der Waals surface area contributed by atoms with Crippen LogP contribution in [0.15, 0.2) is 23.3 Å². The number of hydrazone groups is 1. The zero-order valence-electron chi connectivity index (χ0n) is 13.1. The van der Waals surface area contributed by atoms with Gasteiger partial charge in [-0.1, -0.05) is 19.3 Å². The Morgan fingerprint density at radius 2 is 1.91 bits per heavy atom. The van der Waals surface area contributed by atoms with E-state index in [1.807, 2.05) is 24.4 Å². The molecule has 0 radical (unpaired) electrons. The quantitative estimate of drug-likeness (QED) is 0.493. The standard InChI is InChI=1S/C16H23N3O2S/c1-20-14-9-8-13(10-15(14)21-2)18-16(22)19-17-11-12-6-4-3-5-7-12/h8-12H,3-7H2,1-2H3,(H2,18,19,22)/b17-11+. The molecule has 1 saturated carbocycles. The van der Waals surface area contributed by atoms with Crippen LogP contribution in [0.4, 0.5) is 5.69 Å². The van der Waals surface area contributed by atoms with Crippen molar-refractivity contribution in [2.45, 2.75) is 32.1 Å². The summed E-state index contributed by atoms with van der Waals surface area (Å²) in [4.78, 5) is 0. The van der Waals surface area contributed by atoms with Crippen LogP contribution in [-0.4, -0.2) is 25.5 Å². The van der Waals surface area contributed by atoms with E-state index in [0.717, 1.165) is 5.69 Å². The van der Waals surface area contributed by atoms with Gasteiger partial charge in [0.2, 0.25) is 0 Å². The van der Waals surface area contributed by atoms with E-state index in [1.165, 1.54) is 32.1 Å². The maximum absolute atomic E-state index is 5.26. The fourth-order valence-electron chi connectivity index (χ4n) is 2.56. The lowest BCUT2D eigenvalue weighted by molar-refractivity contribution is 0.355. The lowest BCUT2D eigenvalue weighted by Crippen LogP contribution is -2.24. The van der Waals surface area contributed by atoms with Crippen LogP contribution in [0.5, 0.6) is 11.5 Å². The highest BCUT2D eigenvalue weighted by Crippen LogP contribution is 2.29. The van der Waals surface area contributed by atoms with E-state index in [4.69, 9.17) is 21.7 Å². The highest BCUT2D eigenvalue weighted by Gasteiger charge is 2.10. The molecule has 0 heterocycles. The Hall–Kier alpha value is -1.82. The zero-order chi connectivity index (χ0) is 15.8. The summed E-state index contributed by atoms with van der Waals surface area (Å²) < 4.78 is 10.5. The number of anilines is 1. The average Bonchev–Trinajstić information content (AvgIpc) is 2.55. The number of hydrogen-bond acceptors (Lipinski definition) is 4. The Morgan fingerprint density at radius 1 is 1.18 bits per heavy atom. The molecule has 6 heteroatoms. The normalized spacial score (nSPS) is 15.5. The summed E-state index contributed by atoms with van der Waals surface area (Å²) in [5.74, 6) is 1.91. The van der Waals surface area contributed by atoms with Crippen LogP contribution in [0.3, 0.4) is 0 Å². The first-order valence-electron chi connectivity index (χ1n) is 7.55. The largest absolute Gasteiger partial charge is 0.493 e. The van der Waals surface area contributed by atoms with Crippen LogP contribution in [0, 0.1) is 5.92 Å². The molecule has 1 aromatic rings. The van der Waals surface area contributed by atoms with Gasteiger partial charge in [0.1, 0.15) is 0 Å². The third-order valence-electron chi connectivity index (χ3n) is 3.74. The van der Waals surface area contributed by atoms with Crippen molar-refractivity contribution >= 4 is 29.2 Å². The summed E-state index contributed by atoms with van der Waals surface area (Å²) >= 11 is 5.24. The first-order chi connectivity index (χ1) is 10.7. The van der Waals surface area contributed by atoms with Gasteiger partial charge in [-0.05, 0) is 43.1 Å². The number of nitrogens with zero attached hydrogens (tertiary/aromatic N) is 1. The molecular weight excluding hydrogens is 298 g/mol. The van der Waals surface area contributed by atoms with Crippen LogP contribution in [-0.2, 0) is 0 Å². The maximum Gasteiger partial charge on any atom is 0.191 e. The lowest BCUT2D eigenvalue weighted by atomic mass is 9.90. The van der Waals surface area contributed by atoms with Gasteiger partial charge in [-0.15, -0.1) is 0 Å². The summed E-state index contributed by atoms with van der Waals surface area (Å²) in [6.45, 7) is 0. The Labute approximate surface area is 137 Å². The van der Waals surface area contributed by atoms with Crippen molar-refractivity contribution < 1.29 is 9.47 Å². The van der Waals surface area contributed by atoms with E-state index >= 15 is 0 Å². The van der Waals surface area contributed by atoms with Crippen molar-refractivity contribution in [3.05, 3.63) is 18.2 Å². The fraction of sp³-hybridized carbons (Fsp3) is 0.500. The van der Waals surface area contributed by atoms with Gasteiger partial charge in [-0.2, -0.15) is 5.10 Å². The molecule has 1 fully saturated rings. The van der Waals surface area contributed by atoms with Gasteiger partial charge in [-0.25, -0.2) is 0 Å². The van der Waals surface area contributed by atoms with Crippen molar-refractivity contribution in [1.82, 2.24) is 5.43 Å². The summed E-state index contributed by atoms with van der Waals surface area (Å²) in [6, 6.07) is 5.53. The number of rotatable bonds is 5. The summed E-state index contributed by atoms with van der Waals surface area (Å²) in [5, 5.41) is 7.77. The van der Waals surface area contributed by atoms with Gasteiger partial charge in [0.05, 0.1) is 14.2 Å². The van der Waals surface area contributed by atoms with E-state index in [2.05, 4.69) is 15.8 Å². The van der Waals surface area contributed by atoms with E-state index in [0.29, 0.717) is 22.5 Å². The minimum atomic E-state index is 0.458. The average molecular weight is 321 g/mol. The molecular formula is C16H23N3O2S. The summed E-state index contributed by atoms with van der Waals surface area (Å²) in [6.07, 6.45) is 8.36. The van der Waals surface area contributed by atoms with Crippen LogP contribution < -0.4 is 20.2 Å². The second kappa shape index (κ2) is 8.58. The van der Waals surface area contributed by atoms with Crippen molar-refractivity contribution in [2.24, 2.45) is 11.0 Å². The SMILES string of the molecule is COc1ccc(NC(=S)N/N=C/C2CCCCC2)cc1OC. The predicted octanol–water partition coefficient (Wildman–Crippen LogP) is 3.56. The van der Waals surface area contributed by atoms with Gasteiger partial charge in [-0.3, -0.25) is 5.43 Å². The number of thiocarbonyl (C=S) groups is 1. The number of nitrogens with one attached hydrogen (secondary N) is 2. The van der Waals surface area contributed by atoms with Crippen LogP contribution in [0.2, 0.25) is 0 Å². The van der Waals surface area contributed by atoms with Crippen molar-refractivity contribution in [2.75, 3.05) is 19.5 Å². The van der Waals surface area contributed by atoms with E-state index in [1.54, 1.807) is 14.2 Å². The molecule has 120 valence electrons. The van der Waals surface area contributed by atoms with Crippen molar-refractivity contribution in [3.63, 3.8) is 0 Å². The monoisotopic (exact) mass is 321 g/mol. The molecule has 0 aliphatic heterocycles. The molecule has 0 amide bonds. The summed E-state index contributed by atoms with van der Waals surface area (Å²) in [5.41, 5.74) is 3.68. The summed E-state index contributed by atoms with van der Waals surface area (Å²) in [7, 11) is 3.21. The second-order valence-corrected chi connectivity index (χ2v) is 5.72. The molecule has 22 heavy (non-hydrogen) atoms. The Balaban J connectivity index is 1.84. The predicted molar refractivity (Wildman–Crippen MR) is 94.0 cm³/mol. The zero-order valence-corrected chi connectivity index (χ0v) is 13.9. The Bertz CT molecular complexity index is 528. The molecule has 0 spiro atoms. The third-order valence-corrected chi connectivity index (χ3v) is 3.94. The second-order valence-electron chi connectivity index (χ2n) is 5.31. The molecule has 0 saturated heterocycles. The van der Waals surface area contributed by atoms with Crippen molar-refractivity contribution in [1.29, 1.82) is 0 Å². The molecule has 5 nitrogen and oxygen atoms in total. The molecule has 1 aliphatic rings. The number of benzene rings is 1. The first-order valence-corrected chi connectivity index (χ1v) is 7.96. The van der Waals surface area contributed by atoms with Gasteiger partial charge in [0.25, 0.3) is 0 Å². The molecule has 2 N–H and O–H groups in total. The molecule has 0 bridgehead atoms. The van der Waals surface area contributed by atoms with Gasteiger partial charge >= 0.3 is 0 Å². The van der Waals surface area contributed by atoms with Gasteiger partial charge < -0.3 is 14.8 Å². The van der Waals surface area contributed by atoms with Gasteiger partial charge in [0.15, 0.2) is 16.6 Å². The highest BCUT2D eigenvalue weighted by atomic mass is 32.1. The molecule has 1 aromatic carbocycles. The topological polar surface area (TPSA) is 54.9 Å². The first kappa shape index (κ1) is 16.5. The van der Waals surface area contributed by atoms with Crippen LogP contribution >= 0.6 is 12.2 Å². The lowest BCUT2D eigenvalue weighted by Gasteiger charge is -2.17. The highest BCUT2D eigenvalue weighted by molar-refractivity contribution is 7.80. The van der Waals surface area contributed by atoms with Crippen molar-refractivity contribution in [3.8, 4) is 11.5 Å². The van der Waals surface area contributed by atoms with E-state index < -0.39 is 0 Å². The fourth-order valence-corrected chi connectivity index (χ4v) is 2.73. The molecule has 1 aliphatic carbocycles.